The summed E-state index contributed by atoms with van der Waals surface area (Å²) in [5.74, 6) is 0. The minimum Gasteiger partial charge on any atom is -0.378 e. The number of H-pyrrole nitrogens is 1. The molecule has 0 amide bonds. The van der Waals surface area contributed by atoms with Crippen molar-refractivity contribution in [1.82, 2.24) is 14.6 Å². The maximum atomic E-state index is 5.26. The molecule has 0 spiro atoms. The van der Waals surface area contributed by atoms with Gasteiger partial charge in [0, 0.05) is 18.9 Å². The summed E-state index contributed by atoms with van der Waals surface area (Å²) in [7, 11) is 1.66. The van der Waals surface area contributed by atoms with E-state index in [2.05, 4.69) is 17.0 Å². The highest BCUT2D eigenvalue weighted by atomic mass is 32.1. The molecule has 0 fully saturated rings. The van der Waals surface area contributed by atoms with Crippen LogP contribution >= 0.6 is 12.2 Å². The Balaban J connectivity index is 2.59. The normalized spacial score (nSPS) is 11.1. The molecule has 2 heterocycles. The van der Waals surface area contributed by atoms with Crippen LogP contribution in [-0.4, -0.2) is 21.7 Å². The molecule has 4 nitrogen and oxygen atoms in total. The van der Waals surface area contributed by atoms with Gasteiger partial charge >= 0.3 is 0 Å². The molecule has 0 saturated heterocycles. The molecule has 0 aliphatic heterocycles. The van der Waals surface area contributed by atoms with Gasteiger partial charge in [-0.2, -0.15) is 0 Å². The van der Waals surface area contributed by atoms with Crippen LogP contribution in [0.2, 0.25) is 0 Å². The molecule has 0 bridgehead atoms. The van der Waals surface area contributed by atoms with E-state index >= 15 is 0 Å². The van der Waals surface area contributed by atoms with Gasteiger partial charge in [-0.3, -0.25) is 5.10 Å². The fourth-order valence-electron chi connectivity index (χ4n) is 1.50. The number of aromatic amines is 1. The number of aryl methyl sites for hydroxylation is 1. The van der Waals surface area contributed by atoms with Crippen LogP contribution in [0.5, 0.6) is 0 Å². The maximum absolute atomic E-state index is 5.26. The number of methoxy groups -OCH3 is 1. The highest BCUT2D eigenvalue weighted by molar-refractivity contribution is 7.71. The van der Waals surface area contributed by atoms with Gasteiger partial charge in [0.2, 0.25) is 0 Å². The second-order valence-corrected chi connectivity index (χ2v) is 3.77. The second-order valence-electron chi connectivity index (χ2n) is 3.35. The predicted molar refractivity (Wildman–Crippen MR) is 60.5 cm³/mol. The Morgan fingerprint density at radius 3 is 3.00 bits per heavy atom. The predicted octanol–water partition coefficient (Wildman–Crippen LogP) is 2.10. The largest absolute Gasteiger partial charge is 0.378 e. The van der Waals surface area contributed by atoms with Gasteiger partial charge in [-0.1, -0.05) is 19.1 Å². The first kappa shape index (κ1) is 10.3. The van der Waals surface area contributed by atoms with Gasteiger partial charge in [0.25, 0.3) is 0 Å². The summed E-state index contributed by atoms with van der Waals surface area (Å²) in [6.45, 7) is 2.61. The molecule has 2 aromatic rings. The van der Waals surface area contributed by atoms with Crippen LogP contribution in [0, 0.1) is 4.64 Å². The van der Waals surface area contributed by atoms with Crippen molar-refractivity contribution in [3.63, 3.8) is 0 Å². The van der Waals surface area contributed by atoms with Gasteiger partial charge in [-0.05, 0) is 12.5 Å². The molecule has 0 unspecified atom stereocenters. The van der Waals surface area contributed by atoms with Crippen LogP contribution in [0.15, 0.2) is 12.1 Å². The zero-order valence-electron chi connectivity index (χ0n) is 8.78. The Morgan fingerprint density at radius 2 is 2.33 bits per heavy atom. The lowest BCUT2D eigenvalue weighted by molar-refractivity contribution is 0.181. The van der Waals surface area contributed by atoms with Gasteiger partial charge in [-0.25, -0.2) is 9.50 Å². The Morgan fingerprint density at radius 1 is 1.53 bits per heavy atom. The molecule has 0 atom stereocenters. The van der Waals surface area contributed by atoms with Crippen molar-refractivity contribution in [3.05, 3.63) is 28.2 Å². The Labute approximate surface area is 92.9 Å². The van der Waals surface area contributed by atoms with E-state index in [9.17, 15) is 0 Å². The van der Waals surface area contributed by atoms with E-state index in [-0.39, 0.29) is 0 Å². The summed E-state index contributed by atoms with van der Waals surface area (Å²) in [4.78, 5) is 4.47. The molecule has 0 aliphatic rings. The summed E-state index contributed by atoms with van der Waals surface area (Å²) in [6, 6.07) is 3.87. The highest BCUT2D eigenvalue weighted by Gasteiger charge is 2.03. The average molecular weight is 223 g/mol. The minimum absolute atomic E-state index is 0.541. The third-order valence-corrected chi connectivity index (χ3v) is 2.52. The summed E-state index contributed by atoms with van der Waals surface area (Å²) < 4.78 is 7.59. The third-order valence-electron chi connectivity index (χ3n) is 2.22. The van der Waals surface area contributed by atoms with Gasteiger partial charge in [-0.15, -0.1) is 0 Å². The molecule has 2 aromatic heterocycles. The number of hydrogen-bond donors (Lipinski definition) is 1. The van der Waals surface area contributed by atoms with Crippen molar-refractivity contribution in [2.45, 2.75) is 20.0 Å². The van der Waals surface area contributed by atoms with Gasteiger partial charge in [0.1, 0.15) is 4.64 Å². The molecule has 0 radical (unpaired) electrons. The molecular weight excluding hydrogens is 210 g/mol. The summed E-state index contributed by atoms with van der Waals surface area (Å²) in [6.07, 6.45) is 0.894. The van der Waals surface area contributed by atoms with E-state index in [4.69, 9.17) is 17.0 Å². The Hall–Kier alpha value is -1.20. The SMILES string of the molecule is CCc1cc(=S)n2[nH]c(COC)cc2n1. The number of hydrogen-bond acceptors (Lipinski definition) is 3. The number of nitrogens with one attached hydrogen (secondary N) is 1. The number of rotatable bonds is 3. The zero-order chi connectivity index (χ0) is 10.8. The molecule has 1 N–H and O–H groups in total. The molecule has 5 heteroatoms. The van der Waals surface area contributed by atoms with Crippen LogP contribution in [0.1, 0.15) is 18.3 Å². The molecular formula is C10H13N3OS. The van der Waals surface area contributed by atoms with Crippen LogP contribution < -0.4 is 0 Å². The highest BCUT2D eigenvalue weighted by Crippen LogP contribution is 2.08. The van der Waals surface area contributed by atoms with Gasteiger partial charge in [0.15, 0.2) is 5.65 Å². The quantitative estimate of drug-likeness (QED) is 0.810. The fourth-order valence-corrected chi connectivity index (χ4v) is 1.78. The Bertz CT molecular complexity index is 529. The smallest absolute Gasteiger partial charge is 0.154 e. The molecule has 80 valence electrons. The second kappa shape index (κ2) is 4.12. The van der Waals surface area contributed by atoms with Crippen LogP contribution in [0.25, 0.3) is 5.65 Å². The average Bonchev–Trinajstić information content (AvgIpc) is 2.61. The van der Waals surface area contributed by atoms with Gasteiger partial charge < -0.3 is 4.74 Å². The minimum atomic E-state index is 0.541. The first-order chi connectivity index (χ1) is 7.24. The van der Waals surface area contributed by atoms with Crippen molar-refractivity contribution in [1.29, 1.82) is 0 Å². The van der Waals surface area contributed by atoms with E-state index in [1.165, 1.54) is 0 Å². The zero-order valence-corrected chi connectivity index (χ0v) is 9.60. The summed E-state index contributed by atoms with van der Waals surface area (Å²) >= 11 is 5.26. The lowest BCUT2D eigenvalue weighted by Gasteiger charge is -1.97. The van der Waals surface area contributed by atoms with E-state index < -0.39 is 0 Å². The van der Waals surface area contributed by atoms with Crippen LogP contribution in [0.4, 0.5) is 0 Å². The number of nitrogens with zero attached hydrogens (tertiary/aromatic N) is 2. The van der Waals surface area contributed by atoms with Crippen molar-refractivity contribution in [3.8, 4) is 0 Å². The lowest BCUT2D eigenvalue weighted by atomic mass is 10.3. The lowest BCUT2D eigenvalue weighted by Crippen LogP contribution is -1.96. The molecule has 0 aliphatic carbocycles. The van der Waals surface area contributed by atoms with Crippen LogP contribution in [-0.2, 0) is 17.8 Å². The van der Waals surface area contributed by atoms with E-state index in [0.29, 0.717) is 6.61 Å². The first-order valence-corrected chi connectivity index (χ1v) is 5.25. The number of aromatic nitrogens is 3. The van der Waals surface area contributed by atoms with Crippen molar-refractivity contribution in [2.75, 3.05) is 7.11 Å². The topological polar surface area (TPSA) is 42.3 Å². The van der Waals surface area contributed by atoms with Crippen molar-refractivity contribution < 1.29 is 4.74 Å². The molecule has 15 heavy (non-hydrogen) atoms. The van der Waals surface area contributed by atoms with E-state index in [1.807, 2.05) is 12.1 Å². The number of ether oxygens (including phenoxy) is 1. The Kier molecular flexibility index (Phi) is 2.83. The standard InChI is InChI=1S/C10H13N3OS/c1-3-7-5-10(15)13-9(11-7)4-8(12-13)6-14-2/h4-5,12H,3,6H2,1-2H3. The van der Waals surface area contributed by atoms with Crippen molar-refractivity contribution >= 4 is 17.9 Å². The first-order valence-electron chi connectivity index (χ1n) is 4.84. The third kappa shape index (κ3) is 1.93. The molecule has 2 rings (SSSR count). The summed E-state index contributed by atoms with van der Waals surface area (Å²) in [5, 5.41) is 3.14. The van der Waals surface area contributed by atoms with Crippen LogP contribution in [0.3, 0.4) is 0 Å². The molecule has 0 saturated carbocycles. The fraction of sp³-hybridized carbons (Fsp3) is 0.400. The van der Waals surface area contributed by atoms with E-state index in [0.717, 1.165) is 28.1 Å². The number of fused-ring (bicyclic) bond motifs is 1. The molecule has 0 aromatic carbocycles. The van der Waals surface area contributed by atoms with Gasteiger partial charge in [0.05, 0.1) is 12.3 Å². The maximum Gasteiger partial charge on any atom is 0.154 e. The van der Waals surface area contributed by atoms with Crippen molar-refractivity contribution in [2.24, 2.45) is 0 Å². The summed E-state index contributed by atoms with van der Waals surface area (Å²) in [5.41, 5.74) is 2.85. The van der Waals surface area contributed by atoms with E-state index in [1.54, 1.807) is 11.6 Å². The monoisotopic (exact) mass is 223 g/mol.